The molecule has 268 valence electrons. The number of para-hydroxylation sites is 2. The number of aromatic nitrogens is 1. The Labute approximate surface area is 333 Å². The van der Waals surface area contributed by atoms with E-state index in [4.69, 9.17) is 0 Å². The molecule has 0 aliphatic heterocycles. The third-order valence-electron chi connectivity index (χ3n) is 11.8. The number of hydrogen-bond donors (Lipinski definition) is 0. The Hall–Kier alpha value is -7.42. The molecule has 0 saturated heterocycles. The van der Waals surface area contributed by atoms with Crippen molar-refractivity contribution in [3.8, 4) is 27.9 Å². The van der Waals surface area contributed by atoms with Gasteiger partial charge in [0.25, 0.3) is 0 Å². The maximum Gasteiger partial charge on any atom is 0.0713 e. The highest BCUT2D eigenvalue weighted by molar-refractivity contribution is 6.10. The van der Waals surface area contributed by atoms with Crippen LogP contribution in [0.5, 0.6) is 0 Å². The summed E-state index contributed by atoms with van der Waals surface area (Å²) in [5.41, 5.74) is 16.4. The molecule has 0 fully saturated rings. The molecule has 1 heterocycles. The van der Waals surface area contributed by atoms with Crippen LogP contribution >= 0.6 is 0 Å². The molecule has 11 rings (SSSR count). The standard InChI is InChI=1S/C55H38N2/c1-5-18-39(19-6-1)40-20-17-27-44(36-40)56(46-32-34-49-48-29-14-16-31-53(48)57(54(49)38-46)43-25-11-4-12-26-43)45-33-35-52-50(37-45)47-28-13-15-30-51(47)55(52,41-21-7-2-8-22-41)42-23-9-3-10-24-42/h1-38H. The van der Waals surface area contributed by atoms with Crippen molar-refractivity contribution in [2.75, 3.05) is 4.90 Å². The maximum atomic E-state index is 2.44. The Bertz CT molecular complexity index is 3020. The van der Waals surface area contributed by atoms with Crippen LogP contribution in [0.25, 0.3) is 49.7 Å². The summed E-state index contributed by atoms with van der Waals surface area (Å²) < 4.78 is 2.40. The first-order chi connectivity index (χ1) is 28.3. The Morgan fingerprint density at radius 2 is 0.877 bits per heavy atom. The largest absolute Gasteiger partial charge is 0.310 e. The van der Waals surface area contributed by atoms with E-state index < -0.39 is 5.41 Å². The molecule has 1 aliphatic carbocycles. The van der Waals surface area contributed by atoms with Gasteiger partial charge < -0.3 is 9.47 Å². The van der Waals surface area contributed by atoms with E-state index in [-0.39, 0.29) is 0 Å². The van der Waals surface area contributed by atoms with Crippen molar-refractivity contribution < 1.29 is 0 Å². The number of nitrogens with zero attached hydrogens (tertiary/aromatic N) is 2. The molecule has 9 aromatic carbocycles. The highest BCUT2D eigenvalue weighted by Crippen LogP contribution is 2.57. The van der Waals surface area contributed by atoms with Gasteiger partial charge in [-0.2, -0.15) is 0 Å². The molecule has 2 nitrogen and oxygen atoms in total. The van der Waals surface area contributed by atoms with Gasteiger partial charge in [0, 0.05) is 33.5 Å². The van der Waals surface area contributed by atoms with Crippen LogP contribution in [0.3, 0.4) is 0 Å². The first kappa shape index (κ1) is 33.0. The number of hydrogen-bond acceptors (Lipinski definition) is 1. The average Bonchev–Trinajstić information content (AvgIpc) is 3.78. The number of anilines is 3. The molecule has 0 amide bonds. The molecule has 2 heteroatoms. The zero-order chi connectivity index (χ0) is 37.8. The highest BCUT2D eigenvalue weighted by Gasteiger charge is 2.46. The fourth-order valence-electron chi connectivity index (χ4n) is 9.43. The first-order valence-corrected chi connectivity index (χ1v) is 19.7. The second-order valence-electron chi connectivity index (χ2n) is 14.9. The van der Waals surface area contributed by atoms with Crippen LogP contribution < -0.4 is 4.90 Å². The molecule has 57 heavy (non-hydrogen) atoms. The van der Waals surface area contributed by atoms with Gasteiger partial charge in [-0.15, -0.1) is 0 Å². The predicted octanol–water partition coefficient (Wildman–Crippen LogP) is 14.3. The molecule has 1 aliphatic rings. The van der Waals surface area contributed by atoms with Crippen molar-refractivity contribution in [3.05, 3.63) is 253 Å². The van der Waals surface area contributed by atoms with Gasteiger partial charge in [-0.3, -0.25) is 0 Å². The summed E-state index contributed by atoms with van der Waals surface area (Å²) in [7, 11) is 0. The summed E-state index contributed by atoms with van der Waals surface area (Å²) in [6.07, 6.45) is 0. The zero-order valence-corrected chi connectivity index (χ0v) is 31.3. The molecular weight excluding hydrogens is 689 g/mol. The lowest BCUT2D eigenvalue weighted by Gasteiger charge is -2.34. The van der Waals surface area contributed by atoms with Crippen molar-refractivity contribution >= 4 is 38.9 Å². The van der Waals surface area contributed by atoms with Crippen LogP contribution in [0.4, 0.5) is 17.1 Å². The van der Waals surface area contributed by atoms with E-state index in [0.717, 1.165) is 22.7 Å². The minimum Gasteiger partial charge on any atom is -0.310 e. The fourth-order valence-corrected chi connectivity index (χ4v) is 9.43. The third kappa shape index (κ3) is 5.18. The molecule has 0 N–H and O–H groups in total. The van der Waals surface area contributed by atoms with Gasteiger partial charge in [-0.05, 0) is 99.1 Å². The second kappa shape index (κ2) is 13.4. The average molecular weight is 727 g/mol. The van der Waals surface area contributed by atoms with Crippen LogP contribution in [0.15, 0.2) is 231 Å². The van der Waals surface area contributed by atoms with Gasteiger partial charge in [0.2, 0.25) is 0 Å². The Morgan fingerprint density at radius 3 is 1.63 bits per heavy atom. The number of fused-ring (bicyclic) bond motifs is 6. The fraction of sp³-hybridized carbons (Fsp3) is 0.0182. The van der Waals surface area contributed by atoms with Gasteiger partial charge >= 0.3 is 0 Å². The summed E-state index contributed by atoms with van der Waals surface area (Å²) in [5.74, 6) is 0. The smallest absolute Gasteiger partial charge is 0.0713 e. The monoisotopic (exact) mass is 726 g/mol. The molecular formula is C55H38N2. The van der Waals surface area contributed by atoms with E-state index in [9.17, 15) is 0 Å². The van der Waals surface area contributed by atoms with E-state index in [1.165, 1.54) is 66.3 Å². The van der Waals surface area contributed by atoms with E-state index in [2.05, 4.69) is 240 Å². The minimum absolute atomic E-state index is 0.458. The summed E-state index contributed by atoms with van der Waals surface area (Å²) >= 11 is 0. The molecule has 1 aromatic heterocycles. The lowest BCUT2D eigenvalue weighted by molar-refractivity contribution is 0.768. The highest BCUT2D eigenvalue weighted by atomic mass is 15.1. The van der Waals surface area contributed by atoms with Gasteiger partial charge in [0.05, 0.1) is 16.4 Å². The predicted molar refractivity (Wildman–Crippen MR) is 238 cm³/mol. The number of rotatable bonds is 7. The Balaban J connectivity index is 1.18. The molecule has 0 saturated carbocycles. The van der Waals surface area contributed by atoms with E-state index in [1.54, 1.807) is 0 Å². The van der Waals surface area contributed by atoms with Crippen molar-refractivity contribution in [1.82, 2.24) is 4.57 Å². The summed E-state index contributed by atoms with van der Waals surface area (Å²) in [6, 6.07) is 84.2. The lowest BCUT2D eigenvalue weighted by atomic mass is 9.68. The number of benzene rings is 9. The maximum absolute atomic E-state index is 2.44. The molecule has 0 unspecified atom stereocenters. The van der Waals surface area contributed by atoms with E-state index >= 15 is 0 Å². The van der Waals surface area contributed by atoms with Crippen LogP contribution in [0, 0.1) is 0 Å². The Morgan fingerprint density at radius 1 is 0.333 bits per heavy atom. The molecule has 0 radical (unpaired) electrons. The molecule has 0 spiro atoms. The van der Waals surface area contributed by atoms with Crippen molar-refractivity contribution in [3.63, 3.8) is 0 Å². The summed E-state index contributed by atoms with van der Waals surface area (Å²) in [4.78, 5) is 2.44. The van der Waals surface area contributed by atoms with Crippen molar-refractivity contribution in [1.29, 1.82) is 0 Å². The van der Waals surface area contributed by atoms with Crippen molar-refractivity contribution in [2.24, 2.45) is 0 Å². The SMILES string of the molecule is c1ccc(-c2cccc(N(c3ccc4c(c3)-c3ccccc3C4(c3ccccc3)c3ccccc3)c3ccc4c5ccccc5n(-c5ccccc5)c4c3)c2)cc1. The van der Waals surface area contributed by atoms with Gasteiger partial charge in [0.15, 0.2) is 0 Å². The minimum atomic E-state index is -0.458. The first-order valence-electron chi connectivity index (χ1n) is 19.7. The van der Waals surface area contributed by atoms with Crippen LogP contribution in [0.1, 0.15) is 22.3 Å². The van der Waals surface area contributed by atoms with E-state index in [1.807, 2.05) is 0 Å². The normalized spacial score (nSPS) is 12.7. The van der Waals surface area contributed by atoms with E-state index in [0.29, 0.717) is 0 Å². The van der Waals surface area contributed by atoms with Crippen LogP contribution in [-0.2, 0) is 5.41 Å². The van der Waals surface area contributed by atoms with Gasteiger partial charge in [-0.25, -0.2) is 0 Å². The van der Waals surface area contributed by atoms with Gasteiger partial charge in [0.1, 0.15) is 0 Å². The topological polar surface area (TPSA) is 8.17 Å². The van der Waals surface area contributed by atoms with Crippen LogP contribution in [0.2, 0.25) is 0 Å². The lowest BCUT2D eigenvalue weighted by Crippen LogP contribution is -2.28. The zero-order valence-electron chi connectivity index (χ0n) is 31.3. The van der Waals surface area contributed by atoms with Crippen LogP contribution in [-0.4, -0.2) is 4.57 Å². The van der Waals surface area contributed by atoms with Crippen molar-refractivity contribution in [2.45, 2.75) is 5.41 Å². The van der Waals surface area contributed by atoms with Gasteiger partial charge in [-0.1, -0.05) is 176 Å². The summed E-state index contributed by atoms with van der Waals surface area (Å²) in [5, 5.41) is 2.47. The molecule has 10 aromatic rings. The molecule has 0 atom stereocenters. The Kier molecular flexibility index (Phi) is 7.75. The second-order valence-corrected chi connectivity index (χ2v) is 14.9. The third-order valence-corrected chi connectivity index (χ3v) is 11.8. The summed E-state index contributed by atoms with van der Waals surface area (Å²) in [6.45, 7) is 0. The quantitative estimate of drug-likeness (QED) is 0.159. The molecule has 0 bridgehead atoms.